The summed E-state index contributed by atoms with van der Waals surface area (Å²) in [5, 5.41) is 3.33. The standard InChI is InChI=1S/C16H31N3O3S/c1-16(2)13-19(10-12-23(16,20)21)15(17-3)18-9-6-11-22-14-7-4-5-8-14/h14H,4-13H2,1-3H3,(H,17,18). The smallest absolute Gasteiger partial charge is 0.193 e. The maximum Gasteiger partial charge on any atom is 0.193 e. The van der Waals surface area contributed by atoms with E-state index in [1.807, 2.05) is 4.90 Å². The number of hydrogen-bond donors (Lipinski definition) is 1. The van der Waals surface area contributed by atoms with Crippen LogP contribution in [0.25, 0.3) is 0 Å². The average Bonchev–Trinajstić information content (AvgIpc) is 2.99. The van der Waals surface area contributed by atoms with Crippen LogP contribution in [0.5, 0.6) is 0 Å². The first-order valence-electron chi connectivity index (χ1n) is 8.65. The lowest BCUT2D eigenvalue weighted by molar-refractivity contribution is 0.0573. The fourth-order valence-electron chi connectivity index (χ4n) is 3.23. The van der Waals surface area contributed by atoms with Crippen molar-refractivity contribution in [3.63, 3.8) is 0 Å². The first-order valence-corrected chi connectivity index (χ1v) is 10.3. The van der Waals surface area contributed by atoms with Crippen LogP contribution < -0.4 is 5.32 Å². The number of aliphatic imine (C=N–C) groups is 1. The van der Waals surface area contributed by atoms with E-state index in [9.17, 15) is 8.42 Å². The van der Waals surface area contributed by atoms with Crippen LogP contribution >= 0.6 is 0 Å². The van der Waals surface area contributed by atoms with E-state index in [1.165, 1.54) is 25.7 Å². The Bertz CT molecular complexity index is 511. The topological polar surface area (TPSA) is 71.0 Å². The van der Waals surface area contributed by atoms with Gasteiger partial charge in [0.1, 0.15) is 0 Å². The number of nitrogens with zero attached hydrogens (tertiary/aromatic N) is 2. The van der Waals surface area contributed by atoms with Gasteiger partial charge in [-0.1, -0.05) is 12.8 Å². The minimum atomic E-state index is -3.02. The van der Waals surface area contributed by atoms with Crippen molar-refractivity contribution >= 4 is 15.8 Å². The Morgan fingerprint density at radius 2 is 2.04 bits per heavy atom. The molecule has 134 valence electrons. The molecule has 1 N–H and O–H groups in total. The number of ether oxygens (including phenoxy) is 1. The van der Waals surface area contributed by atoms with Gasteiger partial charge in [-0.25, -0.2) is 8.42 Å². The Morgan fingerprint density at radius 3 is 2.65 bits per heavy atom. The summed E-state index contributed by atoms with van der Waals surface area (Å²) < 4.78 is 29.3. The molecule has 0 atom stereocenters. The second kappa shape index (κ2) is 7.83. The van der Waals surface area contributed by atoms with Gasteiger partial charge in [0.05, 0.1) is 16.6 Å². The molecular formula is C16H31N3O3S. The van der Waals surface area contributed by atoms with Crippen LogP contribution in [0.3, 0.4) is 0 Å². The molecule has 0 radical (unpaired) electrons. The van der Waals surface area contributed by atoms with Crippen molar-refractivity contribution in [1.29, 1.82) is 0 Å². The summed E-state index contributed by atoms with van der Waals surface area (Å²) >= 11 is 0. The molecule has 2 rings (SSSR count). The van der Waals surface area contributed by atoms with Crippen LogP contribution in [-0.2, 0) is 14.6 Å². The maximum absolute atomic E-state index is 12.1. The molecule has 2 aliphatic rings. The minimum absolute atomic E-state index is 0.186. The second-order valence-electron chi connectivity index (χ2n) is 7.10. The molecule has 1 heterocycles. The fourth-order valence-corrected chi connectivity index (χ4v) is 4.60. The molecule has 7 heteroatoms. The maximum atomic E-state index is 12.1. The Labute approximate surface area is 140 Å². The highest BCUT2D eigenvalue weighted by molar-refractivity contribution is 7.92. The predicted molar refractivity (Wildman–Crippen MR) is 93.6 cm³/mol. The van der Waals surface area contributed by atoms with Crippen molar-refractivity contribution < 1.29 is 13.2 Å². The van der Waals surface area contributed by atoms with Gasteiger partial charge in [0.25, 0.3) is 0 Å². The first kappa shape index (κ1) is 18.5. The lowest BCUT2D eigenvalue weighted by Gasteiger charge is -2.39. The summed E-state index contributed by atoms with van der Waals surface area (Å²) in [5.41, 5.74) is 0. The zero-order valence-corrected chi connectivity index (χ0v) is 15.5. The molecule has 1 aliphatic heterocycles. The molecule has 1 saturated heterocycles. The third-order valence-electron chi connectivity index (χ3n) is 4.81. The van der Waals surface area contributed by atoms with E-state index in [1.54, 1.807) is 20.9 Å². The molecule has 23 heavy (non-hydrogen) atoms. The molecule has 0 aromatic carbocycles. The van der Waals surface area contributed by atoms with Crippen molar-refractivity contribution in [2.45, 2.75) is 56.8 Å². The third kappa shape index (κ3) is 4.83. The van der Waals surface area contributed by atoms with Crippen LogP contribution in [0.1, 0.15) is 46.0 Å². The van der Waals surface area contributed by atoms with Crippen LogP contribution in [0.15, 0.2) is 4.99 Å². The summed E-state index contributed by atoms with van der Waals surface area (Å²) in [6.07, 6.45) is 6.39. The van der Waals surface area contributed by atoms with Crippen molar-refractivity contribution in [2.24, 2.45) is 4.99 Å². The molecule has 0 spiro atoms. The van der Waals surface area contributed by atoms with Crippen LogP contribution in [0, 0.1) is 0 Å². The van der Waals surface area contributed by atoms with Gasteiger partial charge in [0, 0.05) is 33.3 Å². The van der Waals surface area contributed by atoms with Crippen molar-refractivity contribution in [1.82, 2.24) is 10.2 Å². The van der Waals surface area contributed by atoms with Gasteiger partial charge in [0.15, 0.2) is 15.8 Å². The number of sulfone groups is 1. The summed E-state index contributed by atoms with van der Waals surface area (Å²) in [6.45, 7) is 6.13. The SMILES string of the molecule is CN=C(NCCCOC1CCCC1)N1CCS(=O)(=O)C(C)(C)C1. The zero-order valence-electron chi connectivity index (χ0n) is 14.7. The monoisotopic (exact) mass is 345 g/mol. The van der Waals surface area contributed by atoms with Gasteiger partial charge in [-0.05, 0) is 33.1 Å². The van der Waals surface area contributed by atoms with Crippen LogP contribution in [0.4, 0.5) is 0 Å². The third-order valence-corrected chi connectivity index (χ3v) is 7.35. The molecule has 1 aliphatic carbocycles. The van der Waals surface area contributed by atoms with Crippen LogP contribution in [0.2, 0.25) is 0 Å². The van der Waals surface area contributed by atoms with E-state index in [4.69, 9.17) is 4.74 Å². The Balaban J connectivity index is 1.73. The lowest BCUT2D eigenvalue weighted by Crippen LogP contribution is -2.57. The number of nitrogens with one attached hydrogen (secondary N) is 1. The molecular weight excluding hydrogens is 314 g/mol. The van der Waals surface area contributed by atoms with Crippen LogP contribution in [-0.4, -0.2) is 69.2 Å². The summed E-state index contributed by atoms with van der Waals surface area (Å²) in [4.78, 5) is 6.34. The van der Waals surface area contributed by atoms with Gasteiger partial charge in [-0.15, -0.1) is 0 Å². The van der Waals surface area contributed by atoms with E-state index in [-0.39, 0.29) is 5.75 Å². The number of rotatable bonds is 5. The zero-order chi connectivity index (χ0) is 16.9. The van der Waals surface area contributed by atoms with Gasteiger partial charge < -0.3 is 15.0 Å². The fraction of sp³-hybridized carbons (Fsp3) is 0.938. The van der Waals surface area contributed by atoms with E-state index >= 15 is 0 Å². The molecule has 0 unspecified atom stereocenters. The Morgan fingerprint density at radius 1 is 1.35 bits per heavy atom. The molecule has 0 aromatic heterocycles. The largest absolute Gasteiger partial charge is 0.378 e. The van der Waals surface area contributed by atoms with Crippen molar-refractivity contribution in [2.75, 3.05) is 39.0 Å². The molecule has 2 fully saturated rings. The first-order chi connectivity index (χ1) is 10.9. The molecule has 0 aromatic rings. The average molecular weight is 346 g/mol. The molecule has 0 bridgehead atoms. The molecule has 0 amide bonds. The number of guanidine groups is 1. The minimum Gasteiger partial charge on any atom is -0.378 e. The Hall–Kier alpha value is -0.820. The second-order valence-corrected chi connectivity index (χ2v) is 9.85. The van der Waals surface area contributed by atoms with E-state index in [2.05, 4.69) is 10.3 Å². The lowest BCUT2D eigenvalue weighted by atomic mass is 10.2. The van der Waals surface area contributed by atoms with E-state index < -0.39 is 14.6 Å². The van der Waals surface area contributed by atoms with Gasteiger partial charge in [-0.2, -0.15) is 0 Å². The summed E-state index contributed by atoms with van der Waals surface area (Å²) in [5.74, 6) is 0.972. The normalized spacial score (nSPS) is 24.8. The predicted octanol–water partition coefficient (Wildman–Crippen LogP) is 1.42. The highest BCUT2D eigenvalue weighted by atomic mass is 32.2. The summed E-state index contributed by atoms with van der Waals surface area (Å²) in [7, 11) is -1.28. The van der Waals surface area contributed by atoms with E-state index in [0.29, 0.717) is 19.2 Å². The molecule has 6 nitrogen and oxygen atoms in total. The Kier molecular flexibility index (Phi) is 6.31. The highest BCUT2D eigenvalue weighted by Gasteiger charge is 2.40. The number of hydrogen-bond acceptors (Lipinski definition) is 4. The van der Waals surface area contributed by atoms with Crippen molar-refractivity contribution in [3.8, 4) is 0 Å². The van der Waals surface area contributed by atoms with Crippen molar-refractivity contribution in [3.05, 3.63) is 0 Å². The molecule has 1 saturated carbocycles. The quantitative estimate of drug-likeness (QED) is 0.463. The summed E-state index contributed by atoms with van der Waals surface area (Å²) in [6, 6.07) is 0. The van der Waals surface area contributed by atoms with Gasteiger partial charge in [0.2, 0.25) is 0 Å². The highest BCUT2D eigenvalue weighted by Crippen LogP contribution is 2.23. The van der Waals surface area contributed by atoms with Gasteiger partial charge in [-0.3, -0.25) is 4.99 Å². The van der Waals surface area contributed by atoms with Gasteiger partial charge >= 0.3 is 0 Å². The van der Waals surface area contributed by atoms with E-state index in [0.717, 1.165) is 25.5 Å².